The predicted molar refractivity (Wildman–Crippen MR) is 126 cm³/mol. The van der Waals surface area contributed by atoms with Gasteiger partial charge in [-0.2, -0.15) is 14.4 Å². The van der Waals surface area contributed by atoms with Gasteiger partial charge < -0.3 is 15.0 Å². The molecule has 1 N–H and O–H groups in total. The van der Waals surface area contributed by atoms with Crippen molar-refractivity contribution in [1.29, 1.82) is 0 Å². The first-order chi connectivity index (χ1) is 15.8. The second kappa shape index (κ2) is 9.40. The first-order valence-electron chi connectivity index (χ1n) is 11.4. The van der Waals surface area contributed by atoms with E-state index in [9.17, 15) is 13.2 Å². The maximum atomic E-state index is 13.3. The van der Waals surface area contributed by atoms with E-state index in [4.69, 9.17) is 4.74 Å². The van der Waals surface area contributed by atoms with Crippen molar-refractivity contribution in [2.24, 2.45) is 10.1 Å². The van der Waals surface area contributed by atoms with Crippen LogP contribution < -0.4 is 10.1 Å². The van der Waals surface area contributed by atoms with Crippen LogP contribution in [-0.4, -0.2) is 99.1 Å². The van der Waals surface area contributed by atoms with E-state index in [0.717, 1.165) is 18.6 Å². The van der Waals surface area contributed by atoms with Gasteiger partial charge in [-0.15, -0.1) is 0 Å². The van der Waals surface area contributed by atoms with Crippen LogP contribution in [0.5, 0.6) is 5.75 Å². The SMILES string of the molecule is CCCC1=NN(C)C2C(=O)N=C(c3cc(S(=O)(=O)N4CCN(C)CC4)ccc3OCC)NC12. The topological polar surface area (TPSA) is 107 Å². The lowest BCUT2D eigenvalue weighted by Crippen LogP contribution is -2.56. The zero-order chi connectivity index (χ0) is 23.8. The van der Waals surface area contributed by atoms with Crippen LogP contribution >= 0.6 is 0 Å². The Kier molecular flexibility index (Phi) is 6.73. The number of benzene rings is 1. The quantitative estimate of drug-likeness (QED) is 0.618. The van der Waals surface area contributed by atoms with Crippen LogP contribution in [0.4, 0.5) is 0 Å². The second-order valence-corrected chi connectivity index (χ2v) is 10.5. The molecule has 1 aromatic rings. The molecule has 0 saturated carbocycles. The number of nitrogens with zero attached hydrogens (tertiary/aromatic N) is 5. The van der Waals surface area contributed by atoms with Crippen LogP contribution in [0.15, 0.2) is 33.2 Å². The lowest BCUT2D eigenvalue weighted by atomic mass is 9.97. The molecule has 3 aliphatic rings. The third-order valence-corrected chi connectivity index (χ3v) is 8.14. The number of ether oxygens (including phenoxy) is 1. The molecular formula is C22H32N6O4S. The number of sulfonamides is 1. The van der Waals surface area contributed by atoms with Gasteiger partial charge in [0.25, 0.3) is 5.91 Å². The van der Waals surface area contributed by atoms with Crippen LogP contribution in [0, 0.1) is 0 Å². The molecule has 11 heteroatoms. The summed E-state index contributed by atoms with van der Waals surface area (Å²) in [6.45, 7) is 6.56. The minimum absolute atomic E-state index is 0.163. The van der Waals surface area contributed by atoms with Crippen molar-refractivity contribution in [3.8, 4) is 5.75 Å². The van der Waals surface area contributed by atoms with Crippen molar-refractivity contribution in [2.45, 2.75) is 43.7 Å². The van der Waals surface area contributed by atoms with Gasteiger partial charge in [-0.1, -0.05) is 13.3 Å². The Bertz CT molecular complexity index is 1080. The normalized spacial score (nSPS) is 24.2. The van der Waals surface area contributed by atoms with E-state index in [1.54, 1.807) is 30.3 Å². The molecule has 10 nitrogen and oxygen atoms in total. The number of carbonyl (C=O) groups excluding carboxylic acids is 1. The Morgan fingerprint density at radius 3 is 2.55 bits per heavy atom. The summed E-state index contributed by atoms with van der Waals surface area (Å²) in [5, 5.41) is 9.55. The Morgan fingerprint density at radius 2 is 1.88 bits per heavy atom. The summed E-state index contributed by atoms with van der Waals surface area (Å²) >= 11 is 0. The fourth-order valence-corrected chi connectivity index (χ4v) is 5.91. The molecule has 4 rings (SSSR count). The van der Waals surface area contributed by atoms with Gasteiger partial charge in [0.1, 0.15) is 11.6 Å². The molecular weight excluding hydrogens is 444 g/mol. The molecule has 3 aliphatic heterocycles. The van der Waals surface area contributed by atoms with Crippen molar-refractivity contribution in [2.75, 3.05) is 46.9 Å². The number of carbonyl (C=O) groups is 1. The highest BCUT2D eigenvalue weighted by atomic mass is 32.2. The number of amidine groups is 1. The first-order valence-corrected chi connectivity index (χ1v) is 12.9. The van der Waals surface area contributed by atoms with Gasteiger partial charge >= 0.3 is 0 Å². The van der Waals surface area contributed by atoms with Crippen molar-refractivity contribution >= 4 is 27.5 Å². The molecule has 0 aromatic heterocycles. The van der Waals surface area contributed by atoms with Crippen molar-refractivity contribution < 1.29 is 17.9 Å². The monoisotopic (exact) mass is 476 g/mol. The average molecular weight is 477 g/mol. The highest BCUT2D eigenvalue weighted by molar-refractivity contribution is 7.89. The van der Waals surface area contributed by atoms with Gasteiger partial charge in [-0.05, 0) is 38.6 Å². The Labute approximate surface area is 195 Å². The van der Waals surface area contributed by atoms with Crippen LogP contribution in [-0.2, 0) is 14.8 Å². The molecule has 0 spiro atoms. The summed E-state index contributed by atoms with van der Waals surface area (Å²) < 4.78 is 34.0. The molecule has 2 atom stereocenters. The summed E-state index contributed by atoms with van der Waals surface area (Å²) in [5.41, 5.74) is 1.36. The molecule has 2 unspecified atom stereocenters. The van der Waals surface area contributed by atoms with Crippen molar-refractivity contribution in [3.05, 3.63) is 23.8 Å². The third-order valence-electron chi connectivity index (χ3n) is 6.24. The maximum Gasteiger partial charge on any atom is 0.274 e. The van der Waals surface area contributed by atoms with E-state index in [0.29, 0.717) is 49.9 Å². The standard InChI is InChI=1S/C22H32N6O4S/c1-5-7-17-19-20(27(4)25-17)22(29)24-21(23-19)16-14-15(8-9-18(16)32-6-2)33(30,31)28-12-10-26(3)11-13-28/h8-9,14,19-20H,5-7,10-13H2,1-4H3,(H,23,24,29). The second-order valence-electron chi connectivity index (χ2n) is 8.58. The molecule has 0 radical (unpaired) electrons. The summed E-state index contributed by atoms with van der Waals surface area (Å²) in [6.07, 6.45) is 1.66. The average Bonchev–Trinajstić information content (AvgIpc) is 3.10. The van der Waals surface area contributed by atoms with Crippen LogP contribution in [0.3, 0.4) is 0 Å². The first kappa shape index (κ1) is 23.7. The number of aliphatic imine (C=N–C) groups is 1. The molecule has 180 valence electrons. The number of fused-ring (bicyclic) bond motifs is 1. The Morgan fingerprint density at radius 1 is 1.15 bits per heavy atom. The number of rotatable bonds is 7. The van der Waals surface area contributed by atoms with E-state index in [2.05, 4.69) is 27.2 Å². The summed E-state index contributed by atoms with van der Waals surface area (Å²) in [7, 11) is 0.0659. The van der Waals surface area contributed by atoms with Crippen LogP contribution in [0.25, 0.3) is 0 Å². The van der Waals surface area contributed by atoms with Gasteiger partial charge in [0.15, 0.2) is 6.04 Å². The van der Waals surface area contributed by atoms with E-state index < -0.39 is 16.1 Å². The van der Waals surface area contributed by atoms with Gasteiger partial charge in [-0.3, -0.25) is 9.80 Å². The zero-order valence-corrected chi connectivity index (χ0v) is 20.4. The van der Waals surface area contributed by atoms with Crippen molar-refractivity contribution in [1.82, 2.24) is 19.5 Å². The molecule has 0 bridgehead atoms. The summed E-state index contributed by atoms with van der Waals surface area (Å²) in [6, 6.07) is 3.96. The molecule has 0 aliphatic carbocycles. The van der Waals surface area contributed by atoms with Gasteiger partial charge in [0, 0.05) is 33.2 Å². The molecule has 1 saturated heterocycles. The highest BCUT2D eigenvalue weighted by Gasteiger charge is 2.44. The van der Waals surface area contributed by atoms with Gasteiger partial charge in [0.05, 0.1) is 28.8 Å². The minimum Gasteiger partial charge on any atom is -0.493 e. The lowest BCUT2D eigenvalue weighted by molar-refractivity contribution is -0.122. The molecule has 1 amide bonds. The summed E-state index contributed by atoms with van der Waals surface area (Å²) in [5.74, 6) is 0.493. The van der Waals surface area contributed by atoms with E-state index in [1.807, 2.05) is 14.0 Å². The molecule has 33 heavy (non-hydrogen) atoms. The number of piperazine rings is 1. The zero-order valence-electron chi connectivity index (χ0n) is 19.6. The number of hydrogen-bond acceptors (Lipinski definition) is 8. The van der Waals surface area contributed by atoms with Crippen molar-refractivity contribution in [3.63, 3.8) is 0 Å². The number of amides is 1. The smallest absolute Gasteiger partial charge is 0.274 e. The Hall–Kier alpha value is -2.50. The highest BCUT2D eigenvalue weighted by Crippen LogP contribution is 2.29. The number of hydrazone groups is 1. The molecule has 3 heterocycles. The predicted octanol–water partition coefficient (Wildman–Crippen LogP) is 0.737. The molecule has 1 fully saturated rings. The van der Waals surface area contributed by atoms with Gasteiger partial charge in [0.2, 0.25) is 10.0 Å². The minimum atomic E-state index is -3.69. The lowest BCUT2D eigenvalue weighted by Gasteiger charge is -2.32. The number of hydrogen-bond donors (Lipinski definition) is 1. The largest absolute Gasteiger partial charge is 0.493 e. The van der Waals surface area contributed by atoms with E-state index in [-0.39, 0.29) is 16.8 Å². The number of nitrogens with one attached hydrogen (secondary N) is 1. The fraction of sp³-hybridized carbons (Fsp3) is 0.591. The Balaban J connectivity index is 1.71. The van der Waals surface area contributed by atoms with E-state index >= 15 is 0 Å². The van der Waals surface area contributed by atoms with Gasteiger partial charge in [-0.25, -0.2) is 8.42 Å². The molecule has 1 aromatic carbocycles. The van der Waals surface area contributed by atoms with Crippen LogP contribution in [0.1, 0.15) is 32.3 Å². The summed E-state index contributed by atoms with van der Waals surface area (Å²) in [4.78, 5) is 19.5. The third kappa shape index (κ3) is 4.49. The van der Waals surface area contributed by atoms with E-state index in [1.165, 1.54) is 4.31 Å². The number of likely N-dealkylation sites (N-methyl/N-ethyl adjacent to an activating group) is 2. The van der Waals surface area contributed by atoms with Crippen LogP contribution in [0.2, 0.25) is 0 Å². The maximum absolute atomic E-state index is 13.3. The fourth-order valence-electron chi connectivity index (χ4n) is 4.46.